The molecule has 0 saturated carbocycles. The van der Waals surface area contributed by atoms with Crippen LogP contribution in [-0.4, -0.2) is 52.9 Å². The molecule has 1 aliphatic heterocycles. The SMILES string of the molecule is N[C@H](c1ccc(Cl)cc1)c1n[nH]c(CCN2CCOCC2)n1. The number of nitrogens with two attached hydrogens (primary N) is 1. The van der Waals surface area contributed by atoms with E-state index in [4.69, 9.17) is 22.1 Å². The lowest BCUT2D eigenvalue weighted by Gasteiger charge is -2.25. The molecular formula is C15H20ClN5O. The predicted molar refractivity (Wildman–Crippen MR) is 84.8 cm³/mol. The predicted octanol–water partition coefficient (Wildman–Crippen LogP) is 1.38. The second-order valence-electron chi connectivity index (χ2n) is 5.37. The zero-order chi connectivity index (χ0) is 15.4. The lowest BCUT2D eigenvalue weighted by atomic mass is 10.1. The number of hydrogen-bond donors (Lipinski definition) is 2. The fourth-order valence-corrected chi connectivity index (χ4v) is 2.59. The molecule has 118 valence electrons. The van der Waals surface area contributed by atoms with E-state index in [0.717, 1.165) is 50.7 Å². The molecule has 2 aromatic rings. The summed E-state index contributed by atoms with van der Waals surface area (Å²) >= 11 is 5.89. The van der Waals surface area contributed by atoms with E-state index in [1.165, 1.54) is 0 Å². The Kier molecular flexibility index (Phi) is 5.04. The van der Waals surface area contributed by atoms with E-state index in [-0.39, 0.29) is 6.04 Å². The molecule has 1 aromatic heterocycles. The number of nitrogens with zero attached hydrogens (tertiary/aromatic N) is 3. The van der Waals surface area contributed by atoms with Gasteiger partial charge in [-0.2, -0.15) is 5.10 Å². The Morgan fingerprint density at radius 1 is 1.27 bits per heavy atom. The summed E-state index contributed by atoms with van der Waals surface area (Å²) in [5, 5.41) is 7.92. The topological polar surface area (TPSA) is 80.1 Å². The average Bonchev–Trinajstić information content (AvgIpc) is 3.03. The molecule has 6 nitrogen and oxygen atoms in total. The van der Waals surface area contributed by atoms with E-state index in [2.05, 4.69) is 20.1 Å². The van der Waals surface area contributed by atoms with Gasteiger partial charge < -0.3 is 10.5 Å². The average molecular weight is 322 g/mol. The summed E-state index contributed by atoms with van der Waals surface area (Å²) in [6.07, 6.45) is 0.834. The molecule has 0 spiro atoms. The van der Waals surface area contributed by atoms with Gasteiger partial charge in [-0.25, -0.2) is 4.98 Å². The first-order valence-electron chi connectivity index (χ1n) is 7.45. The van der Waals surface area contributed by atoms with Gasteiger partial charge in [0.25, 0.3) is 0 Å². The zero-order valence-electron chi connectivity index (χ0n) is 12.3. The third-order valence-electron chi connectivity index (χ3n) is 3.82. The van der Waals surface area contributed by atoms with Gasteiger partial charge in [-0.3, -0.25) is 10.00 Å². The number of benzene rings is 1. The minimum absolute atomic E-state index is 0.342. The highest BCUT2D eigenvalue weighted by atomic mass is 35.5. The van der Waals surface area contributed by atoms with Crippen LogP contribution in [0.15, 0.2) is 24.3 Å². The Bertz CT molecular complexity index is 594. The molecule has 3 N–H and O–H groups in total. The van der Waals surface area contributed by atoms with Crippen molar-refractivity contribution in [3.05, 3.63) is 46.5 Å². The molecule has 0 aliphatic carbocycles. The first-order chi connectivity index (χ1) is 10.7. The summed E-state index contributed by atoms with van der Waals surface area (Å²) in [7, 11) is 0. The third-order valence-corrected chi connectivity index (χ3v) is 4.08. The Hall–Kier alpha value is -1.47. The minimum Gasteiger partial charge on any atom is -0.379 e. The van der Waals surface area contributed by atoms with Crippen LogP contribution >= 0.6 is 11.6 Å². The van der Waals surface area contributed by atoms with Crippen molar-refractivity contribution in [1.82, 2.24) is 20.1 Å². The smallest absolute Gasteiger partial charge is 0.171 e. The number of aromatic nitrogens is 3. The van der Waals surface area contributed by atoms with E-state index >= 15 is 0 Å². The van der Waals surface area contributed by atoms with Crippen LogP contribution in [-0.2, 0) is 11.2 Å². The van der Waals surface area contributed by atoms with Gasteiger partial charge in [0.2, 0.25) is 0 Å². The third kappa shape index (κ3) is 3.84. The van der Waals surface area contributed by atoms with Crippen molar-refractivity contribution in [3.8, 4) is 0 Å². The second-order valence-corrected chi connectivity index (χ2v) is 5.81. The maximum absolute atomic E-state index is 6.20. The van der Waals surface area contributed by atoms with Crippen LogP contribution in [0.25, 0.3) is 0 Å². The van der Waals surface area contributed by atoms with Gasteiger partial charge in [0.1, 0.15) is 5.82 Å². The van der Waals surface area contributed by atoms with Crippen molar-refractivity contribution in [2.24, 2.45) is 5.73 Å². The van der Waals surface area contributed by atoms with E-state index in [0.29, 0.717) is 10.8 Å². The number of morpholine rings is 1. The Balaban J connectivity index is 1.59. The molecule has 0 bridgehead atoms. The maximum Gasteiger partial charge on any atom is 0.171 e. The molecule has 2 heterocycles. The van der Waals surface area contributed by atoms with Crippen LogP contribution in [0.5, 0.6) is 0 Å². The Morgan fingerprint density at radius 2 is 2.00 bits per heavy atom. The molecule has 7 heteroatoms. The van der Waals surface area contributed by atoms with E-state index in [1.807, 2.05) is 24.3 Å². The minimum atomic E-state index is -0.342. The first kappa shape index (κ1) is 15.4. The number of H-pyrrole nitrogens is 1. The summed E-state index contributed by atoms with van der Waals surface area (Å²) in [6, 6.07) is 7.10. The summed E-state index contributed by atoms with van der Waals surface area (Å²) < 4.78 is 5.34. The molecule has 3 rings (SSSR count). The van der Waals surface area contributed by atoms with Crippen molar-refractivity contribution >= 4 is 11.6 Å². The Morgan fingerprint density at radius 3 is 2.73 bits per heavy atom. The monoisotopic (exact) mass is 321 g/mol. The van der Waals surface area contributed by atoms with Crippen molar-refractivity contribution < 1.29 is 4.74 Å². The number of nitrogens with one attached hydrogen (secondary N) is 1. The zero-order valence-corrected chi connectivity index (χ0v) is 13.1. The largest absolute Gasteiger partial charge is 0.379 e. The highest BCUT2D eigenvalue weighted by molar-refractivity contribution is 6.30. The highest BCUT2D eigenvalue weighted by Gasteiger charge is 2.16. The summed E-state index contributed by atoms with van der Waals surface area (Å²) in [6.45, 7) is 4.52. The summed E-state index contributed by atoms with van der Waals surface area (Å²) in [5.41, 5.74) is 7.15. The van der Waals surface area contributed by atoms with E-state index < -0.39 is 0 Å². The van der Waals surface area contributed by atoms with Gasteiger partial charge in [0.15, 0.2) is 5.82 Å². The van der Waals surface area contributed by atoms with E-state index in [9.17, 15) is 0 Å². The van der Waals surface area contributed by atoms with Crippen LogP contribution in [0.1, 0.15) is 23.3 Å². The fourth-order valence-electron chi connectivity index (χ4n) is 2.47. The van der Waals surface area contributed by atoms with Crippen LogP contribution < -0.4 is 5.73 Å². The molecule has 0 unspecified atom stereocenters. The van der Waals surface area contributed by atoms with Crippen LogP contribution in [0.4, 0.5) is 0 Å². The van der Waals surface area contributed by atoms with Crippen molar-refractivity contribution in [1.29, 1.82) is 0 Å². The second kappa shape index (κ2) is 7.19. The number of aromatic amines is 1. The van der Waals surface area contributed by atoms with Crippen LogP contribution in [0, 0.1) is 0 Å². The summed E-state index contributed by atoms with van der Waals surface area (Å²) in [5.74, 6) is 1.48. The van der Waals surface area contributed by atoms with Crippen LogP contribution in [0.3, 0.4) is 0 Å². The molecule has 1 aromatic carbocycles. The lowest BCUT2D eigenvalue weighted by molar-refractivity contribution is 0.0382. The molecule has 1 fully saturated rings. The quantitative estimate of drug-likeness (QED) is 0.869. The number of rotatable bonds is 5. The number of ether oxygens (including phenoxy) is 1. The van der Waals surface area contributed by atoms with Gasteiger partial charge in [-0.05, 0) is 17.7 Å². The van der Waals surface area contributed by atoms with E-state index in [1.54, 1.807) is 0 Å². The van der Waals surface area contributed by atoms with Crippen molar-refractivity contribution in [2.75, 3.05) is 32.8 Å². The number of hydrogen-bond acceptors (Lipinski definition) is 5. The van der Waals surface area contributed by atoms with Crippen molar-refractivity contribution in [3.63, 3.8) is 0 Å². The van der Waals surface area contributed by atoms with Crippen molar-refractivity contribution in [2.45, 2.75) is 12.5 Å². The molecule has 0 radical (unpaired) electrons. The summed E-state index contributed by atoms with van der Waals surface area (Å²) in [4.78, 5) is 6.88. The highest BCUT2D eigenvalue weighted by Crippen LogP contribution is 2.18. The van der Waals surface area contributed by atoms with Gasteiger partial charge >= 0.3 is 0 Å². The lowest BCUT2D eigenvalue weighted by Crippen LogP contribution is -2.37. The molecule has 1 atom stereocenters. The molecule has 22 heavy (non-hydrogen) atoms. The van der Waals surface area contributed by atoms with Crippen LogP contribution in [0.2, 0.25) is 5.02 Å². The molecule has 1 aliphatic rings. The first-order valence-corrected chi connectivity index (χ1v) is 7.82. The fraction of sp³-hybridized carbons (Fsp3) is 0.467. The number of halogens is 1. The van der Waals surface area contributed by atoms with Gasteiger partial charge in [-0.15, -0.1) is 0 Å². The molecule has 0 amide bonds. The Labute approximate surface area is 134 Å². The standard InChI is InChI=1S/C15H20ClN5O/c16-12-3-1-11(2-4-12)14(17)15-18-13(19-20-15)5-6-21-7-9-22-10-8-21/h1-4,14H,5-10,17H2,(H,18,19,20)/t14-/m1/s1. The normalized spacial score (nSPS) is 17.5. The van der Waals surface area contributed by atoms with Gasteiger partial charge in [0, 0.05) is 31.1 Å². The maximum atomic E-state index is 6.20. The van der Waals surface area contributed by atoms with Gasteiger partial charge in [0.05, 0.1) is 19.3 Å². The molecular weight excluding hydrogens is 302 g/mol. The molecule has 1 saturated heterocycles. The van der Waals surface area contributed by atoms with Gasteiger partial charge in [-0.1, -0.05) is 23.7 Å².